The second-order valence-corrected chi connectivity index (χ2v) is 10.5. The minimum absolute atomic E-state index is 0.104. The van der Waals surface area contributed by atoms with Crippen LogP contribution in [0.1, 0.15) is 51.7 Å². The summed E-state index contributed by atoms with van der Waals surface area (Å²) >= 11 is 0. The molecule has 1 heterocycles. The lowest BCUT2D eigenvalue weighted by atomic mass is 9.77. The molecular formula is C31H23F9N2O4. The zero-order valence-corrected chi connectivity index (χ0v) is 23.6. The SMILES string of the molecule is Cc1nc(C(=O)N[C@@](Cc2ccccc2)(c2cc(F)cc(OC(F)(F)C(F)F)c2)c2ccc(F)c(OC3CC3)c2)c(C(F)(F)F)o1. The van der Waals surface area contributed by atoms with Crippen LogP contribution in [0, 0.1) is 18.6 Å². The van der Waals surface area contributed by atoms with Crippen molar-refractivity contribution < 1.29 is 58.2 Å². The molecule has 4 aromatic rings. The Morgan fingerprint density at radius 1 is 0.978 bits per heavy atom. The van der Waals surface area contributed by atoms with Crippen molar-refractivity contribution in [3.63, 3.8) is 0 Å². The highest BCUT2D eigenvalue weighted by Crippen LogP contribution is 2.41. The second kappa shape index (κ2) is 12.2. The molecule has 1 fully saturated rings. The summed E-state index contributed by atoms with van der Waals surface area (Å²) in [4.78, 5) is 17.3. The number of nitrogens with one attached hydrogen (secondary N) is 1. The molecule has 1 aliphatic carbocycles. The number of ether oxygens (including phenoxy) is 2. The molecule has 0 spiro atoms. The molecule has 0 saturated heterocycles. The molecule has 46 heavy (non-hydrogen) atoms. The maximum absolute atomic E-state index is 15.1. The molecule has 1 aliphatic rings. The van der Waals surface area contributed by atoms with E-state index in [0.29, 0.717) is 30.5 Å². The van der Waals surface area contributed by atoms with Crippen LogP contribution in [0.5, 0.6) is 11.5 Å². The molecule has 0 bridgehead atoms. The average Bonchev–Trinajstić information content (AvgIpc) is 3.69. The van der Waals surface area contributed by atoms with Crippen molar-refractivity contribution in [1.29, 1.82) is 0 Å². The van der Waals surface area contributed by atoms with Gasteiger partial charge < -0.3 is 19.2 Å². The molecule has 3 aromatic carbocycles. The lowest BCUT2D eigenvalue weighted by Gasteiger charge is -2.37. The number of carbonyl (C=O) groups is 1. The monoisotopic (exact) mass is 658 g/mol. The van der Waals surface area contributed by atoms with Gasteiger partial charge in [0.1, 0.15) is 11.6 Å². The Balaban J connectivity index is 1.76. The molecule has 244 valence electrons. The van der Waals surface area contributed by atoms with Crippen molar-refractivity contribution in [2.24, 2.45) is 0 Å². The van der Waals surface area contributed by atoms with E-state index in [-0.39, 0.29) is 17.4 Å². The van der Waals surface area contributed by atoms with Crippen LogP contribution < -0.4 is 14.8 Å². The summed E-state index contributed by atoms with van der Waals surface area (Å²) in [6.07, 6.45) is -14.1. The molecule has 5 rings (SSSR count). The van der Waals surface area contributed by atoms with Crippen LogP contribution in [-0.4, -0.2) is 29.5 Å². The number of aryl methyl sites for hydroxylation is 1. The van der Waals surface area contributed by atoms with Gasteiger partial charge in [-0.25, -0.2) is 13.8 Å². The fraction of sp³-hybridized carbons (Fsp3) is 0.290. The molecule has 1 saturated carbocycles. The number of amides is 1. The number of aromatic nitrogens is 1. The molecule has 1 atom stereocenters. The van der Waals surface area contributed by atoms with E-state index in [0.717, 1.165) is 31.2 Å². The van der Waals surface area contributed by atoms with Crippen LogP contribution in [0.25, 0.3) is 0 Å². The molecule has 1 amide bonds. The summed E-state index contributed by atoms with van der Waals surface area (Å²) in [6.45, 7) is 1.06. The Kier molecular flexibility index (Phi) is 8.71. The molecular weight excluding hydrogens is 635 g/mol. The van der Waals surface area contributed by atoms with E-state index < -0.39 is 76.9 Å². The number of rotatable bonds is 11. The van der Waals surface area contributed by atoms with Gasteiger partial charge >= 0.3 is 18.7 Å². The fourth-order valence-electron chi connectivity index (χ4n) is 4.78. The van der Waals surface area contributed by atoms with Crippen LogP contribution in [0.3, 0.4) is 0 Å². The van der Waals surface area contributed by atoms with Gasteiger partial charge in [0.05, 0.1) is 11.6 Å². The third-order valence-corrected chi connectivity index (χ3v) is 6.96. The first-order chi connectivity index (χ1) is 21.6. The maximum atomic E-state index is 15.1. The molecule has 1 N–H and O–H groups in total. The van der Waals surface area contributed by atoms with Gasteiger partial charge in [0.15, 0.2) is 23.2 Å². The van der Waals surface area contributed by atoms with Crippen LogP contribution in [-0.2, 0) is 18.1 Å². The third kappa shape index (κ3) is 7.07. The Hall–Kier alpha value is -4.69. The standard InChI is InChI=1S/C31H23F9N2O4/c1-16-41-25(26(44-16)30(36,37)38)27(43)42-29(15-17-5-3-2-4-6-17,18-7-10-23(33)24(13-18)45-21-8-9-21)19-11-20(32)14-22(12-19)46-31(39,40)28(34)35/h2-7,10-14,21,28H,8-9,15H2,1H3,(H,42,43)/t29-/m1/s1. The van der Waals surface area contributed by atoms with Crippen LogP contribution in [0.15, 0.2) is 71.1 Å². The highest BCUT2D eigenvalue weighted by atomic mass is 19.4. The quantitative estimate of drug-likeness (QED) is 0.166. The van der Waals surface area contributed by atoms with E-state index in [4.69, 9.17) is 4.74 Å². The van der Waals surface area contributed by atoms with E-state index in [9.17, 15) is 39.9 Å². The third-order valence-electron chi connectivity index (χ3n) is 6.96. The normalized spacial score (nSPS) is 15.0. The van der Waals surface area contributed by atoms with E-state index in [1.165, 1.54) is 12.1 Å². The van der Waals surface area contributed by atoms with Crippen LogP contribution >= 0.6 is 0 Å². The number of oxazole rings is 1. The smallest absolute Gasteiger partial charge is 0.461 e. The molecule has 15 heteroatoms. The van der Waals surface area contributed by atoms with Crippen molar-refractivity contribution in [3.05, 3.63) is 112 Å². The Labute approximate surface area is 255 Å². The lowest BCUT2D eigenvalue weighted by Crippen LogP contribution is -2.49. The zero-order valence-electron chi connectivity index (χ0n) is 23.6. The zero-order chi connectivity index (χ0) is 33.4. The fourth-order valence-corrected chi connectivity index (χ4v) is 4.78. The predicted octanol–water partition coefficient (Wildman–Crippen LogP) is 7.97. The van der Waals surface area contributed by atoms with Crippen molar-refractivity contribution in [2.75, 3.05) is 0 Å². The van der Waals surface area contributed by atoms with Gasteiger partial charge in [-0.15, -0.1) is 0 Å². The minimum Gasteiger partial charge on any atom is -0.487 e. The maximum Gasteiger partial charge on any atom is 0.461 e. The number of alkyl halides is 7. The van der Waals surface area contributed by atoms with Gasteiger partial charge in [-0.3, -0.25) is 4.79 Å². The van der Waals surface area contributed by atoms with Crippen LogP contribution in [0.2, 0.25) is 0 Å². The summed E-state index contributed by atoms with van der Waals surface area (Å²) in [5.41, 5.74) is -3.61. The number of benzene rings is 3. The number of hydrogen-bond acceptors (Lipinski definition) is 5. The number of halogens is 9. The minimum atomic E-state index is -5.18. The van der Waals surface area contributed by atoms with Crippen molar-refractivity contribution in [2.45, 2.75) is 56.5 Å². The lowest BCUT2D eigenvalue weighted by molar-refractivity contribution is -0.253. The highest BCUT2D eigenvalue weighted by Gasteiger charge is 2.46. The van der Waals surface area contributed by atoms with Gasteiger partial charge in [0.2, 0.25) is 5.76 Å². The van der Waals surface area contributed by atoms with Crippen LogP contribution in [0.4, 0.5) is 39.5 Å². The highest BCUT2D eigenvalue weighted by molar-refractivity contribution is 5.94. The molecule has 0 aliphatic heterocycles. The number of carbonyl (C=O) groups excluding carboxylic acids is 1. The summed E-state index contributed by atoms with van der Waals surface area (Å²) in [5.74, 6) is -7.35. The molecule has 6 nitrogen and oxygen atoms in total. The Morgan fingerprint density at radius 2 is 1.67 bits per heavy atom. The first-order valence-electron chi connectivity index (χ1n) is 13.6. The van der Waals surface area contributed by atoms with Gasteiger partial charge in [-0.2, -0.15) is 30.7 Å². The number of hydrogen-bond donors (Lipinski definition) is 1. The first kappa shape index (κ1) is 32.7. The van der Waals surface area contributed by atoms with Crippen molar-refractivity contribution >= 4 is 5.91 Å². The molecule has 0 radical (unpaired) electrons. The number of nitrogens with zero attached hydrogens (tertiary/aromatic N) is 1. The van der Waals surface area contributed by atoms with Gasteiger partial charge in [0, 0.05) is 19.4 Å². The van der Waals surface area contributed by atoms with E-state index >= 15 is 4.39 Å². The Morgan fingerprint density at radius 3 is 2.30 bits per heavy atom. The largest absolute Gasteiger partial charge is 0.487 e. The Bertz CT molecular complexity index is 1720. The van der Waals surface area contributed by atoms with Crippen molar-refractivity contribution in [3.8, 4) is 11.5 Å². The van der Waals surface area contributed by atoms with E-state index in [1.807, 2.05) is 0 Å². The summed E-state index contributed by atoms with van der Waals surface area (Å²) < 4.78 is 140. The average molecular weight is 659 g/mol. The van der Waals surface area contributed by atoms with Gasteiger partial charge in [0.25, 0.3) is 5.91 Å². The van der Waals surface area contributed by atoms with E-state index in [1.54, 1.807) is 18.2 Å². The summed E-state index contributed by atoms with van der Waals surface area (Å²) in [6, 6.07) is 12.8. The second-order valence-electron chi connectivity index (χ2n) is 10.5. The van der Waals surface area contributed by atoms with Gasteiger partial charge in [-0.05, 0) is 53.8 Å². The van der Waals surface area contributed by atoms with E-state index in [2.05, 4.69) is 19.5 Å². The topological polar surface area (TPSA) is 73.6 Å². The molecule has 0 unspecified atom stereocenters. The van der Waals surface area contributed by atoms with Gasteiger partial charge in [-0.1, -0.05) is 36.4 Å². The predicted molar refractivity (Wildman–Crippen MR) is 143 cm³/mol. The summed E-state index contributed by atoms with van der Waals surface area (Å²) in [5, 5.41) is 2.41. The first-order valence-corrected chi connectivity index (χ1v) is 13.6. The van der Waals surface area contributed by atoms with Crippen molar-refractivity contribution in [1.82, 2.24) is 10.3 Å². The molecule has 1 aromatic heterocycles. The summed E-state index contributed by atoms with van der Waals surface area (Å²) in [7, 11) is 0.